The standard InChI is InChI=1S/C14H25NO2/c1-2-11-5-3-6-12(9-11)10-15-8-4-7-13(15)14(16)17/h11-13H,2-10H2,1H3,(H,16,17)/t11?,12?,13-/m1/s1. The lowest BCUT2D eigenvalue weighted by atomic mass is 9.80. The normalized spacial score (nSPS) is 35.0. The van der Waals surface area contributed by atoms with Crippen molar-refractivity contribution in [3.63, 3.8) is 0 Å². The van der Waals surface area contributed by atoms with Gasteiger partial charge in [-0.1, -0.05) is 26.2 Å². The molecule has 17 heavy (non-hydrogen) atoms. The Hall–Kier alpha value is -0.570. The number of likely N-dealkylation sites (tertiary alicyclic amines) is 1. The predicted octanol–water partition coefficient (Wildman–Crippen LogP) is 2.75. The molecule has 2 rings (SSSR count). The van der Waals surface area contributed by atoms with E-state index in [0.29, 0.717) is 0 Å². The van der Waals surface area contributed by atoms with Gasteiger partial charge in [-0.2, -0.15) is 0 Å². The molecule has 0 spiro atoms. The van der Waals surface area contributed by atoms with Crippen molar-refractivity contribution in [1.29, 1.82) is 0 Å². The summed E-state index contributed by atoms with van der Waals surface area (Å²) in [5.74, 6) is 1.01. The average molecular weight is 239 g/mol. The lowest BCUT2D eigenvalue weighted by Crippen LogP contribution is -2.40. The van der Waals surface area contributed by atoms with Crippen LogP contribution in [0.5, 0.6) is 0 Å². The molecular weight excluding hydrogens is 214 g/mol. The smallest absolute Gasteiger partial charge is 0.320 e. The van der Waals surface area contributed by atoms with Crippen LogP contribution in [0.4, 0.5) is 0 Å². The molecule has 0 bridgehead atoms. The van der Waals surface area contributed by atoms with E-state index in [9.17, 15) is 4.79 Å². The van der Waals surface area contributed by atoms with Gasteiger partial charge in [-0.05, 0) is 44.1 Å². The Kier molecular flexibility index (Phi) is 4.43. The minimum Gasteiger partial charge on any atom is -0.480 e. The van der Waals surface area contributed by atoms with Gasteiger partial charge >= 0.3 is 5.97 Å². The molecule has 0 aromatic rings. The number of rotatable bonds is 4. The molecule has 0 aromatic carbocycles. The third-order valence-corrected chi connectivity index (χ3v) is 4.61. The van der Waals surface area contributed by atoms with E-state index in [1.165, 1.54) is 32.1 Å². The molecule has 1 aliphatic carbocycles. The summed E-state index contributed by atoms with van der Waals surface area (Å²) in [4.78, 5) is 13.3. The highest BCUT2D eigenvalue weighted by molar-refractivity contribution is 5.73. The van der Waals surface area contributed by atoms with E-state index in [4.69, 9.17) is 5.11 Å². The Morgan fingerprint density at radius 3 is 2.71 bits per heavy atom. The maximum atomic E-state index is 11.1. The first-order chi connectivity index (χ1) is 8.20. The first-order valence-electron chi connectivity index (χ1n) is 7.17. The summed E-state index contributed by atoms with van der Waals surface area (Å²) in [7, 11) is 0. The van der Waals surface area contributed by atoms with E-state index in [-0.39, 0.29) is 6.04 Å². The maximum Gasteiger partial charge on any atom is 0.320 e. The molecule has 3 nitrogen and oxygen atoms in total. The Morgan fingerprint density at radius 2 is 2.00 bits per heavy atom. The summed E-state index contributed by atoms with van der Waals surface area (Å²) in [5.41, 5.74) is 0. The molecule has 2 fully saturated rings. The van der Waals surface area contributed by atoms with Gasteiger partial charge < -0.3 is 5.11 Å². The molecule has 3 heteroatoms. The minimum atomic E-state index is -0.620. The quantitative estimate of drug-likeness (QED) is 0.820. The fraction of sp³-hybridized carbons (Fsp3) is 0.929. The molecule has 0 amide bonds. The Labute approximate surface area is 104 Å². The van der Waals surface area contributed by atoms with Gasteiger partial charge in [-0.3, -0.25) is 9.69 Å². The van der Waals surface area contributed by atoms with Gasteiger partial charge in [0, 0.05) is 6.54 Å². The molecule has 3 atom stereocenters. The predicted molar refractivity (Wildman–Crippen MR) is 68.0 cm³/mol. The average Bonchev–Trinajstić information content (AvgIpc) is 2.77. The third-order valence-electron chi connectivity index (χ3n) is 4.61. The van der Waals surface area contributed by atoms with Crippen molar-refractivity contribution in [3.05, 3.63) is 0 Å². The molecule has 1 heterocycles. The van der Waals surface area contributed by atoms with Crippen molar-refractivity contribution in [2.24, 2.45) is 11.8 Å². The molecule has 1 saturated carbocycles. The van der Waals surface area contributed by atoms with Gasteiger partial charge in [0.25, 0.3) is 0 Å². The third kappa shape index (κ3) is 3.21. The monoisotopic (exact) mass is 239 g/mol. The van der Waals surface area contributed by atoms with Crippen LogP contribution in [0.1, 0.15) is 51.9 Å². The van der Waals surface area contributed by atoms with Crippen molar-refractivity contribution >= 4 is 5.97 Å². The number of carboxylic acid groups (broad SMARTS) is 1. The van der Waals surface area contributed by atoms with Gasteiger partial charge in [0.15, 0.2) is 0 Å². The highest BCUT2D eigenvalue weighted by Crippen LogP contribution is 2.32. The van der Waals surface area contributed by atoms with Crippen molar-refractivity contribution in [2.75, 3.05) is 13.1 Å². The van der Waals surface area contributed by atoms with Gasteiger partial charge in [-0.25, -0.2) is 0 Å². The van der Waals surface area contributed by atoms with Crippen LogP contribution in [0.15, 0.2) is 0 Å². The number of aliphatic carboxylic acids is 1. The molecule has 2 aliphatic rings. The number of carboxylic acids is 1. The second-order valence-electron chi connectivity index (χ2n) is 5.80. The molecule has 1 N–H and O–H groups in total. The van der Waals surface area contributed by atoms with Crippen LogP contribution in [-0.4, -0.2) is 35.1 Å². The summed E-state index contributed by atoms with van der Waals surface area (Å²) in [6.45, 7) is 4.29. The number of hydrogen-bond acceptors (Lipinski definition) is 2. The van der Waals surface area contributed by atoms with Gasteiger partial charge in [0.1, 0.15) is 6.04 Å². The summed E-state index contributed by atoms with van der Waals surface area (Å²) < 4.78 is 0. The van der Waals surface area contributed by atoms with Crippen LogP contribution < -0.4 is 0 Å². The van der Waals surface area contributed by atoms with Crippen LogP contribution in [-0.2, 0) is 4.79 Å². The van der Waals surface area contributed by atoms with Crippen molar-refractivity contribution in [3.8, 4) is 0 Å². The van der Waals surface area contributed by atoms with E-state index < -0.39 is 5.97 Å². The van der Waals surface area contributed by atoms with Crippen LogP contribution in [0.25, 0.3) is 0 Å². The number of hydrogen-bond donors (Lipinski definition) is 1. The van der Waals surface area contributed by atoms with E-state index >= 15 is 0 Å². The molecule has 0 aromatic heterocycles. The van der Waals surface area contributed by atoms with E-state index in [0.717, 1.165) is 37.8 Å². The highest BCUT2D eigenvalue weighted by atomic mass is 16.4. The van der Waals surface area contributed by atoms with E-state index in [1.807, 2.05) is 0 Å². The summed E-state index contributed by atoms with van der Waals surface area (Å²) in [6, 6.07) is -0.197. The van der Waals surface area contributed by atoms with Crippen molar-refractivity contribution in [2.45, 2.75) is 57.9 Å². The lowest BCUT2D eigenvalue weighted by Gasteiger charge is -2.32. The maximum absolute atomic E-state index is 11.1. The molecule has 1 saturated heterocycles. The Bertz CT molecular complexity index is 267. The molecule has 98 valence electrons. The number of carbonyl (C=O) groups is 1. The second-order valence-corrected chi connectivity index (χ2v) is 5.80. The summed E-state index contributed by atoms with van der Waals surface area (Å²) in [6.07, 6.45) is 8.54. The zero-order valence-electron chi connectivity index (χ0n) is 10.9. The Balaban J connectivity index is 1.85. The minimum absolute atomic E-state index is 0.197. The van der Waals surface area contributed by atoms with Gasteiger partial charge in [-0.15, -0.1) is 0 Å². The van der Waals surface area contributed by atoms with E-state index in [1.54, 1.807) is 0 Å². The highest BCUT2D eigenvalue weighted by Gasteiger charge is 2.32. The lowest BCUT2D eigenvalue weighted by molar-refractivity contribution is -0.142. The zero-order chi connectivity index (χ0) is 12.3. The van der Waals surface area contributed by atoms with Gasteiger partial charge in [0.2, 0.25) is 0 Å². The summed E-state index contributed by atoms with van der Waals surface area (Å²) >= 11 is 0. The SMILES string of the molecule is CCC1CCCC(CN2CCC[C@@H]2C(=O)O)C1. The van der Waals surface area contributed by atoms with Crippen LogP contribution in [0.2, 0.25) is 0 Å². The van der Waals surface area contributed by atoms with Crippen molar-refractivity contribution in [1.82, 2.24) is 4.90 Å². The molecular formula is C14H25NO2. The topological polar surface area (TPSA) is 40.5 Å². The van der Waals surface area contributed by atoms with Gasteiger partial charge in [0.05, 0.1) is 0 Å². The second kappa shape index (κ2) is 5.85. The molecule has 0 radical (unpaired) electrons. The van der Waals surface area contributed by atoms with Crippen LogP contribution >= 0.6 is 0 Å². The number of nitrogens with zero attached hydrogens (tertiary/aromatic N) is 1. The fourth-order valence-electron chi connectivity index (χ4n) is 3.59. The van der Waals surface area contributed by atoms with Crippen LogP contribution in [0, 0.1) is 11.8 Å². The first-order valence-corrected chi connectivity index (χ1v) is 7.17. The Morgan fingerprint density at radius 1 is 1.24 bits per heavy atom. The van der Waals surface area contributed by atoms with Crippen LogP contribution in [0.3, 0.4) is 0 Å². The first kappa shape index (κ1) is 12.9. The zero-order valence-corrected chi connectivity index (χ0v) is 10.9. The largest absolute Gasteiger partial charge is 0.480 e. The van der Waals surface area contributed by atoms with E-state index in [2.05, 4.69) is 11.8 Å². The molecule has 1 aliphatic heterocycles. The van der Waals surface area contributed by atoms with Crippen molar-refractivity contribution < 1.29 is 9.90 Å². The summed E-state index contributed by atoms with van der Waals surface area (Å²) in [5, 5.41) is 9.17. The molecule has 2 unspecified atom stereocenters. The fourth-order valence-corrected chi connectivity index (χ4v) is 3.59.